The fourth-order valence-corrected chi connectivity index (χ4v) is 9.31. The van der Waals surface area contributed by atoms with Gasteiger partial charge in [0.15, 0.2) is 0 Å². The van der Waals surface area contributed by atoms with Gasteiger partial charge in [0.1, 0.15) is 11.5 Å². The van der Waals surface area contributed by atoms with E-state index in [1.54, 1.807) is 12.1 Å². The Hall–Kier alpha value is -4.98. The number of hydrogen-bond donors (Lipinski definition) is 0. The van der Waals surface area contributed by atoms with Gasteiger partial charge in [0.05, 0.1) is 33.7 Å². The number of fused-ring (bicyclic) bond motifs is 4. The Labute approximate surface area is 338 Å². The van der Waals surface area contributed by atoms with Crippen molar-refractivity contribution in [1.82, 2.24) is 0 Å². The lowest BCUT2D eigenvalue weighted by molar-refractivity contribution is -0.127. The summed E-state index contributed by atoms with van der Waals surface area (Å²) in [5.41, 5.74) is 4.76. The molecular formula is C49H58N2O6. The van der Waals surface area contributed by atoms with Crippen LogP contribution >= 0.6 is 0 Å². The van der Waals surface area contributed by atoms with Crippen molar-refractivity contribution in [3.05, 3.63) is 82.9 Å². The first-order chi connectivity index (χ1) is 27.8. The van der Waals surface area contributed by atoms with Crippen molar-refractivity contribution in [3.63, 3.8) is 0 Å². The normalized spacial score (nSPS) is 19.2. The predicted octanol–water partition coefficient (Wildman–Crippen LogP) is 11.2. The average molecular weight is 771 g/mol. The maximum atomic E-state index is 14.5. The molecule has 0 saturated carbocycles. The first-order valence-electron chi connectivity index (χ1n) is 21.7. The van der Waals surface area contributed by atoms with Gasteiger partial charge in [-0.25, -0.2) is 9.59 Å². The summed E-state index contributed by atoms with van der Waals surface area (Å²) in [6.07, 6.45) is 16.8. The van der Waals surface area contributed by atoms with Crippen LogP contribution in [0.25, 0.3) is 22.3 Å². The third kappa shape index (κ3) is 7.97. The number of anilines is 2. The first kappa shape index (κ1) is 40.2. The number of benzene rings is 3. The van der Waals surface area contributed by atoms with E-state index in [1.165, 1.54) is 38.5 Å². The topological polar surface area (TPSA) is 93.2 Å². The molecule has 300 valence electrons. The van der Waals surface area contributed by atoms with Gasteiger partial charge in [-0.05, 0) is 61.8 Å². The van der Waals surface area contributed by atoms with E-state index in [1.807, 2.05) is 58.3 Å². The van der Waals surface area contributed by atoms with Crippen LogP contribution in [0, 0.1) is 11.8 Å². The van der Waals surface area contributed by atoms with Gasteiger partial charge >= 0.3 is 11.9 Å². The van der Waals surface area contributed by atoms with Crippen molar-refractivity contribution < 1.29 is 28.7 Å². The Kier molecular flexibility index (Phi) is 12.8. The van der Waals surface area contributed by atoms with E-state index < -0.39 is 11.9 Å². The Bertz CT molecular complexity index is 2090. The smallest absolute Gasteiger partial charge is 0.345 e. The highest BCUT2D eigenvalue weighted by atomic mass is 16.5. The zero-order valence-corrected chi connectivity index (χ0v) is 34.3. The highest BCUT2D eigenvalue weighted by Gasteiger charge is 2.45. The lowest BCUT2D eigenvalue weighted by Gasteiger charge is -2.24. The average Bonchev–Trinajstić information content (AvgIpc) is 3.88. The molecule has 8 nitrogen and oxygen atoms in total. The molecule has 2 atom stereocenters. The molecule has 0 radical (unpaired) electrons. The van der Waals surface area contributed by atoms with E-state index in [4.69, 9.17) is 9.47 Å². The van der Waals surface area contributed by atoms with E-state index >= 15 is 0 Å². The molecular weight excluding hydrogens is 713 g/mol. The Balaban J connectivity index is 1.23. The molecule has 57 heavy (non-hydrogen) atoms. The molecule has 4 aliphatic heterocycles. The van der Waals surface area contributed by atoms with E-state index in [-0.39, 0.29) is 34.5 Å². The third-order valence-electron chi connectivity index (χ3n) is 12.3. The van der Waals surface area contributed by atoms with Gasteiger partial charge in [-0.1, -0.05) is 135 Å². The van der Waals surface area contributed by atoms with Crippen LogP contribution in [0.15, 0.2) is 60.7 Å². The summed E-state index contributed by atoms with van der Waals surface area (Å²) in [7, 11) is 0. The van der Waals surface area contributed by atoms with E-state index in [0.29, 0.717) is 58.3 Å². The van der Waals surface area contributed by atoms with Crippen LogP contribution in [0.4, 0.5) is 11.4 Å². The van der Waals surface area contributed by atoms with Crippen LogP contribution < -0.4 is 19.3 Å². The predicted molar refractivity (Wildman–Crippen MR) is 228 cm³/mol. The minimum Gasteiger partial charge on any atom is -0.422 e. The summed E-state index contributed by atoms with van der Waals surface area (Å²) in [5.74, 6) is -0.504. The summed E-state index contributed by atoms with van der Waals surface area (Å²) < 4.78 is 11.8. The summed E-state index contributed by atoms with van der Waals surface area (Å²) >= 11 is 0. The van der Waals surface area contributed by atoms with Crippen molar-refractivity contribution >= 4 is 57.4 Å². The van der Waals surface area contributed by atoms with Crippen LogP contribution in [-0.2, 0) is 19.2 Å². The van der Waals surface area contributed by atoms with Gasteiger partial charge in [-0.2, -0.15) is 0 Å². The van der Waals surface area contributed by atoms with Crippen LogP contribution in [0.1, 0.15) is 146 Å². The second-order valence-corrected chi connectivity index (χ2v) is 16.4. The largest absolute Gasteiger partial charge is 0.422 e. The number of esters is 2. The molecule has 7 rings (SSSR count). The maximum absolute atomic E-state index is 14.5. The van der Waals surface area contributed by atoms with Gasteiger partial charge in [-0.15, -0.1) is 0 Å². The molecule has 0 bridgehead atoms. The van der Waals surface area contributed by atoms with Crippen LogP contribution in [0.5, 0.6) is 11.5 Å². The number of hydrogen-bond acceptors (Lipinski definition) is 6. The third-order valence-corrected chi connectivity index (χ3v) is 12.3. The molecule has 0 spiro atoms. The highest BCUT2D eigenvalue weighted by Crippen LogP contribution is 2.52. The molecule has 0 saturated heterocycles. The van der Waals surface area contributed by atoms with Gasteiger partial charge < -0.3 is 19.3 Å². The molecule has 2 amide bonds. The van der Waals surface area contributed by atoms with Crippen molar-refractivity contribution in [1.29, 1.82) is 0 Å². The molecule has 2 unspecified atom stereocenters. The van der Waals surface area contributed by atoms with Gasteiger partial charge in [0.25, 0.3) is 11.8 Å². The SMILES string of the molecule is CCCCCCC(CCC)CN1C(=O)/C(=C2/C(=O)Oc3cc4c(cc32)OC(=O)/C4=C2/C(=O)N(CC(CCCC)CCCCCC)c3ccccc32)c2ccccc21. The molecule has 8 heteroatoms. The van der Waals surface area contributed by atoms with Gasteiger partial charge in [-0.3, -0.25) is 9.59 Å². The molecule has 0 aromatic heterocycles. The van der Waals surface area contributed by atoms with Gasteiger partial charge in [0, 0.05) is 35.3 Å². The van der Waals surface area contributed by atoms with Crippen molar-refractivity contribution in [3.8, 4) is 11.5 Å². The second kappa shape index (κ2) is 18.1. The highest BCUT2D eigenvalue weighted by molar-refractivity contribution is 6.48. The molecule has 4 aliphatic rings. The minimum atomic E-state index is -0.621. The molecule has 0 N–H and O–H groups in total. The zero-order chi connectivity index (χ0) is 40.1. The molecule has 0 aliphatic carbocycles. The maximum Gasteiger partial charge on any atom is 0.345 e. The summed E-state index contributed by atoms with van der Waals surface area (Å²) in [6.45, 7) is 9.97. The minimum absolute atomic E-state index is 0.172. The molecule has 3 aromatic carbocycles. The fourth-order valence-electron chi connectivity index (χ4n) is 9.31. The number of amides is 2. The second-order valence-electron chi connectivity index (χ2n) is 16.4. The van der Waals surface area contributed by atoms with Crippen molar-refractivity contribution in [2.24, 2.45) is 11.8 Å². The number of unbranched alkanes of at least 4 members (excludes halogenated alkanes) is 7. The Morgan fingerprint density at radius 3 is 1.32 bits per heavy atom. The number of para-hydroxylation sites is 2. The quantitative estimate of drug-likeness (QED) is 0.0521. The zero-order valence-electron chi connectivity index (χ0n) is 34.3. The molecule has 4 heterocycles. The van der Waals surface area contributed by atoms with Gasteiger partial charge in [0.2, 0.25) is 0 Å². The Morgan fingerprint density at radius 2 is 0.877 bits per heavy atom. The van der Waals surface area contributed by atoms with E-state index in [9.17, 15) is 19.2 Å². The molecule has 3 aromatic rings. The van der Waals surface area contributed by atoms with Crippen molar-refractivity contribution in [2.45, 2.75) is 124 Å². The number of carbonyl (C=O) groups is 4. The van der Waals surface area contributed by atoms with Crippen LogP contribution in [0.2, 0.25) is 0 Å². The fraction of sp³-hybridized carbons (Fsp3) is 0.469. The summed E-state index contributed by atoms with van der Waals surface area (Å²) in [5, 5.41) is 0. The summed E-state index contributed by atoms with van der Waals surface area (Å²) in [4.78, 5) is 60.4. The lowest BCUT2D eigenvalue weighted by Crippen LogP contribution is -2.32. The molecule has 0 fully saturated rings. The summed E-state index contributed by atoms with van der Waals surface area (Å²) in [6, 6.07) is 18.6. The van der Waals surface area contributed by atoms with E-state index in [2.05, 4.69) is 27.7 Å². The van der Waals surface area contributed by atoms with Crippen LogP contribution in [0.3, 0.4) is 0 Å². The number of rotatable bonds is 19. The standard InChI is InChI=1S/C49H58N2O6/c1-5-9-12-14-22-32(20-8-4)30-50-38-26-18-16-24-34(38)42(46(50)52)44-36-28-41-37(29-40(36)56-48(44)54)45(49(55)57-41)43-35-25-17-19-27-39(35)51(47(43)53)31-33(21-11-7-3)23-15-13-10-6-2/h16-19,24-29,32-33H,5-15,20-23,30-31H2,1-4H3/b44-42+,45-43+. The lowest BCUT2D eigenvalue weighted by atomic mass is 9.92. The Morgan fingerprint density at radius 1 is 0.456 bits per heavy atom. The van der Waals surface area contributed by atoms with E-state index in [0.717, 1.165) is 69.2 Å². The number of ether oxygens (including phenoxy) is 2. The monoisotopic (exact) mass is 770 g/mol. The number of nitrogens with zero attached hydrogens (tertiary/aromatic N) is 2. The number of carbonyl (C=O) groups excluding carboxylic acids is 4. The van der Waals surface area contributed by atoms with Crippen molar-refractivity contribution in [2.75, 3.05) is 22.9 Å². The van der Waals surface area contributed by atoms with Crippen LogP contribution in [-0.4, -0.2) is 36.8 Å². The first-order valence-corrected chi connectivity index (χ1v) is 21.7.